The molecule has 1 aliphatic heterocycles. The molecule has 1 aliphatic carbocycles. The van der Waals surface area contributed by atoms with Gasteiger partial charge in [0.25, 0.3) is 0 Å². The fourth-order valence-corrected chi connectivity index (χ4v) is 3.28. The summed E-state index contributed by atoms with van der Waals surface area (Å²) in [5.74, 6) is -0.0110. The molecule has 1 aromatic rings. The average molecular weight is 274 g/mol. The molecule has 0 bridgehead atoms. The van der Waals surface area contributed by atoms with Crippen molar-refractivity contribution in [1.29, 1.82) is 0 Å². The lowest BCUT2D eigenvalue weighted by Crippen LogP contribution is -2.50. The predicted octanol–water partition coefficient (Wildman–Crippen LogP) is 1.29. The van der Waals surface area contributed by atoms with Crippen LogP contribution in [-0.2, 0) is 11.2 Å². The zero-order valence-corrected chi connectivity index (χ0v) is 11.6. The number of hydrogen-bond donors (Lipinski definition) is 3. The van der Waals surface area contributed by atoms with Crippen LogP contribution in [0.4, 0.5) is 0 Å². The zero-order chi connectivity index (χ0) is 13.9. The summed E-state index contributed by atoms with van der Waals surface area (Å²) in [7, 11) is 0. The lowest BCUT2D eigenvalue weighted by atomic mass is 9.90. The van der Waals surface area contributed by atoms with Crippen LogP contribution in [0.15, 0.2) is 24.3 Å². The highest BCUT2D eigenvalue weighted by molar-refractivity contribution is 5.84. The van der Waals surface area contributed by atoms with Crippen LogP contribution in [0.2, 0.25) is 0 Å². The van der Waals surface area contributed by atoms with Gasteiger partial charge in [0.2, 0.25) is 5.91 Å². The van der Waals surface area contributed by atoms with E-state index >= 15 is 0 Å². The minimum Gasteiger partial charge on any atom is -0.391 e. The van der Waals surface area contributed by atoms with E-state index in [-0.39, 0.29) is 18.0 Å². The smallest absolute Gasteiger partial charge is 0.242 e. The highest BCUT2D eigenvalue weighted by atomic mass is 16.3. The van der Waals surface area contributed by atoms with Gasteiger partial charge in [0.05, 0.1) is 12.1 Å². The first-order valence-electron chi connectivity index (χ1n) is 7.55. The van der Waals surface area contributed by atoms with Gasteiger partial charge in [-0.05, 0) is 30.4 Å². The van der Waals surface area contributed by atoms with Crippen molar-refractivity contribution in [2.45, 2.75) is 50.3 Å². The second-order valence-electron chi connectivity index (χ2n) is 5.80. The normalized spacial score (nSPS) is 29.6. The summed E-state index contributed by atoms with van der Waals surface area (Å²) in [6.45, 7) is 0.822. The number of hydrogen-bond acceptors (Lipinski definition) is 3. The standard InChI is InChI=1S/C16H22N2O2/c19-14-8-4-3-7-13(14)18-16(20)15-12-6-2-1-5-11(12)9-10-17-15/h1-2,5-6,13-15,17,19H,3-4,7-10H2,(H,18,20)/t13-,14-,15?/m0/s1. The van der Waals surface area contributed by atoms with Crippen molar-refractivity contribution >= 4 is 5.91 Å². The van der Waals surface area contributed by atoms with Crippen molar-refractivity contribution < 1.29 is 9.90 Å². The van der Waals surface area contributed by atoms with E-state index in [1.807, 2.05) is 18.2 Å². The molecular weight excluding hydrogens is 252 g/mol. The summed E-state index contributed by atoms with van der Waals surface area (Å²) in [6, 6.07) is 7.72. The number of amides is 1. The van der Waals surface area contributed by atoms with Crippen LogP contribution >= 0.6 is 0 Å². The largest absolute Gasteiger partial charge is 0.391 e. The van der Waals surface area contributed by atoms with Gasteiger partial charge in [0.1, 0.15) is 6.04 Å². The van der Waals surface area contributed by atoms with Crippen LogP contribution < -0.4 is 10.6 Å². The Morgan fingerprint density at radius 2 is 2.05 bits per heavy atom. The van der Waals surface area contributed by atoms with Crippen LogP contribution in [0.1, 0.15) is 42.9 Å². The summed E-state index contributed by atoms with van der Waals surface area (Å²) < 4.78 is 0. The summed E-state index contributed by atoms with van der Waals surface area (Å²) in [5, 5.41) is 16.3. The minimum atomic E-state index is -0.397. The van der Waals surface area contributed by atoms with Crippen LogP contribution in [0.5, 0.6) is 0 Å². The van der Waals surface area contributed by atoms with Gasteiger partial charge < -0.3 is 15.7 Å². The predicted molar refractivity (Wildman–Crippen MR) is 77.3 cm³/mol. The first-order valence-corrected chi connectivity index (χ1v) is 7.55. The summed E-state index contributed by atoms with van der Waals surface area (Å²) >= 11 is 0. The van der Waals surface area contributed by atoms with Gasteiger partial charge in [-0.3, -0.25) is 4.79 Å². The third-order valence-corrected chi connectivity index (χ3v) is 4.43. The molecule has 1 heterocycles. The Labute approximate surface area is 119 Å². The Hall–Kier alpha value is -1.39. The fraction of sp³-hybridized carbons (Fsp3) is 0.562. The van der Waals surface area contributed by atoms with E-state index in [0.717, 1.165) is 44.2 Å². The van der Waals surface area contributed by atoms with Crippen LogP contribution in [-0.4, -0.2) is 29.7 Å². The molecule has 3 atom stereocenters. The number of carbonyl (C=O) groups is 1. The quantitative estimate of drug-likeness (QED) is 0.761. The fourth-order valence-electron chi connectivity index (χ4n) is 3.28. The minimum absolute atomic E-state index is 0.0110. The number of rotatable bonds is 2. The molecule has 1 fully saturated rings. The van der Waals surface area contributed by atoms with Gasteiger partial charge in [-0.2, -0.15) is 0 Å². The van der Waals surface area contributed by atoms with Crippen molar-refractivity contribution in [3.05, 3.63) is 35.4 Å². The van der Waals surface area contributed by atoms with Crippen molar-refractivity contribution in [3.63, 3.8) is 0 Å². The number of fused-ring (bicyclic) bond motifs is 1. The van der Waals surface area contributed by atoms with Crippen LogP contribution in [0, 0.1) is 0 Å². The zero-order valence-electron chi connectivity index (χ0n) is 11.6. The molecule has 4 heteroatoms. The van der Waals surface area contributed by atoms with Crippen LogP contribution in [0.25, 0.3) is 0 Å². The van der Waals surface area contributed by atoms with Gasteiger partial charge in [-0.25, -0.2) is 0 Å². The molecule has 0 aromatic heterocycles. The third kappa shape index (κ3) is 2.72. The number of nitrogens with one attached hydrogen (secondary N) is 2. The van der Waals surface area contributed by atoms with Gasteiger partial charge in [0.15, 0.2) is 0 Å². The summed E-state index contributed by atoms with van der Waals surface area (Å²) in [4.78, 5) is 12.5. The number of aliphatic hydroxyl groups is 1. The van der Waals surface area contributed by atoms with Crippen molar-refractivity contribution in [1.82, 2.24) is 10.6 Å². The van der Waals surface area contributed by atoms with E-state index in [0.29, 0.717) is 0 Å². The Morgan fingerprint density at radius 1 is 1.25 bits per heavy atom. The van der Waals surface area contributed by atoms with Crippen molar-refractivity contribution in [2.24, 2.45) is 0 Å². The van der Waals surface area contributed by atoms with Gasteiger partial charge in [0, 0.05) is 6.54 Å². The Balaban J connectivity index is 1.72. The molecule has 0 spiro atoms. The summed E-state index contributed by atoms with van der Waals surface area (Å²) in [6.07, 6.45) is 4.37. The molecule has 0 radical (unpaired) electrons. The van der Waals surface area contributed by atoms with Crippen molar-refractivity contribution in [2.75, 3.05) is 6.54 Å². The monoisotopic (exact) mass is 274 g/mol. The second-order valence-corrected chi connectivity index (χ2v) is 5.80. The molecule has 3 rings (SSSR count). The Bertz CT molecular complexity index is 489. The molecule has 2 aliphatic rings. The van der Waals surface area contributed by atoms with Crippen molar-refractivity contribution in [3.8, 4) is 0 Å². The van der Waals surface area contributed by atoms with Crippen LogP contribution in [0.3, 0.4) is 0 Å². The van der Waals surface area contributed by atoms with E-state index in [2.05, 4.69) is 16.7 Å². The van der Waals surface area contributed by atoms with Gasteiger partial charge >= 0.3 is 0 Å². The van der Waals surface area contributed by atoms with E-state index in [1.54, 1.807) is 0 Å². The van der Waals surface area contributed by atoms with E-state index in [4.69, 9.17) is 0 Å². The highest BCUT2D eigenvalue weighted by Crippen LogP contribution is 2.24. The van der Waals surface area contributed by atoms with Gasteiger partial charge in [-0.15, -0.1) is 0 Å². The number of aliphatic hydroxyl groups excluding tert-OH is 1. The lowest BCUT2D eigenvalue weighted by molar-refractivity contribution is -0.125. The topological polar surface area (TPSA) is 61.4 Å². The van der Waals surface area contributed by atoms with E-state index in [9.17, 15) is 9.90 Å². The molecule has 1 aromatic carbocycles. The highest BCUT2D eigenvalue weighted by Gasteiger charge is 2.30. The maximum Gasteiger partial charge on any atom is 0.242 e. The average Bonchev–Trinajstić information content (AvgIpc) is 2.49. The molecule has 0 saturated heterocycles. The second kappa shape index (κ2) is 5.94. The van der Waals surface area contributed by atoms with Gasteiger partial charge in [-0.1, -0.05) is 37.1 Å². The van der Waals surface area contributed by atoms with E-state index in [1.165, 1.54) is 5.56 Å². The Morgan fingerprint density at radius 3 is 2.90 bits per heavy atom. The maximum absolute atomic E-state index is 12.5. The molecule has 1 unspecified atom stereocenters. The molecule has 1 saturated carbocycles. The molecule has 3 N–H and O–H groups in total. The molecular formula is C16H22N2O2. The molecule has 20 heavy (non-hydrogen) atoms. The van der Waals surface area contributed by atoms with E-state index < -0.39 is 6.10 Å². The molecule has 1 amide bonds. The summed E-state index contributed by atoms with van der Waals surface area (Å²) in [5.41, 5.74) is 2.32. The Kier molecular flexibility index (Phi) is 4.03. The first kappa shape index (κ1) is 13.6. The third-order valence-electron chi connectivity index (χ3n) is 4.43. The first-order chi connectivity index (χ1) is 9.75. The molecule has 4 nitrogen and oxygen atoms in total. The lowest BCUT2D eigenvalue weighted by Gasteiger charge is -2.32. The molecule has 108 valence electrons. The number of carbonyl (C=O) groups excluding carboxylic acids is 1. The number of benzene rings is 1. The maximum atomic E-state index is 12.5. The SMILES string of the molecule is O=C(N[C@H]1CCCC[C@@H]1O)C1NCCc2ccccc21.